The van der Waals surface area contributed by atoms with Gasteiger partial charge in [0, 0.05) is 0 Å². The van der Waals surface area contributed by atoms with Gasteiger partial charge in [0.25, 0.3) is 0 Å². The summed E-state index contributed by atoms with van der Waals surface area (Å²) < 4.78 is 5.91. The van der Waals surface area contributed by atoms with Crippen molar-refractivity contribution in [3.8, 4) is 5.75 Å². The highest BCUT2D eigenvalue weighted by Crippen LogP contribution is 2.35. The van der Waals surface area contributed by atoms with Crippen molar-refractivity contribution in [1.29, 1.82) is 0 Å². The number of rotatable bonds is 0. The zero-order chi connectivity index (χ0) is 10.9. The molecule has 0 saturated heterocycles. The minimum atomic E-state index is 0.176. The lowest BCUT2D eigenvalue weighted by Gasteiger charge is -2.23. The van der Waals surface area contributed by atoms with Crippen LogP contribution in [0.4, 0.5) is 0 Å². The van der Waals surface area contributed by atoms with Gasteiger partial charge in [0.1, 0.15) is 5.75 Å². The van der Waals surface area contributed by atoms with E-state index in [1.165, 1.54) is 30.4 Å². The summed E-state index contributed by atoms with van der Waals surface area (Å²) in [7, 11) is 0. The molecule has 0 saturated carbocycles. The van der Waals surface area contributed by atoms with Crippen LogP contribution in [0.25, 0.3) is 0 Å². The van der Waals surface area contributed by atoms with E-state index >= 15 is 0 Å². The van der Waals surface area contributed by atoms with Crippen LogP contribution in [0.2, 0.25) is 0 Å². The second-order valence-electron chi connectivity index (χ2n) is 5.35. The molecule has 0 aliphatic carbocycles. The molecule has 1 heterocycles. The third-order valence-corrected chi connectivity index (χ3v) is 2.99. The molecule has 15 heavy (non-hydrogen) atoms. The standard InChI is InChI=1S/C14H20O/c1-14(2,3)12-9-6-8-11-7-4-5-10-15-13(11)12/h6,8-9H,4-5,7,10H2,1-3H3. The molecule has 0 unspecified atom stereocenters. The van der Waals surface area contributed by atoms with Gasteiger partial charge in [-0.25, -0.2) is 0 Å². The van der Waals surface area contributed by atoms with E-state index in [1.54, 1.807) is 0 Å². The Balaban J connectivity index is 2.48. The van der Waals surface area contributed by atoms with Gasteiger partial charge >= 0.3 is 0 Å². The Morgan fingerprint density at radius 3 is 2.67 bits per heavy atom. The van der Waals surface area contributed by atoms with Crippen LogP contribution in [0.1, 0.15) is 44.7 Å². The van der Waals surface area contributed by atoms with Gasteiger partial charge in [-0.15, -0.1) is 0 Å². The summed E-state index contributed by atoms with van der Waals surface area (Å²) in [6, 6.07) is 6.56. The molecule has 1 aliphatic rings. The van der Waals surface area contributed by atoms with Crippen molar-refractivity contribution >= 4 is 0 Å². The highest BCUT2D eigenvalue weighted by atomic mass is 16.5. The Kier molecular flexibility index (Phi) is 2.72. The third-order valence-electron chi connectivity index (χ3n) is 2.99. The average Bonchev–Trinajstić information content (AvgIpc) is 2.39. The molecule has 1 aromatic carbocycles. The van der Waals surface area contributed by atoms with Gasteiger partial charge in [0.2, 0.25) is 0 Å². The summed E-state index contributed by atoms with van der Waals surface area (Å²) in [4.78, 5) is 0. The predicted octanol–water partition coefficient (Wildman–Crippen LogP) is 3.70. The van der Waals surface area contributed by atoms with Crippen LogP contribution in [0.5, 0.6) is 5.75 Å². The molecule has 82 valence electrons. The van der Waals surface area contributed by atoms with Crippen LogP contribution >= 0.6 is 0 Å². The minimum Gasteiger partial charge on any atom is -0.493 e. The molecule has 1 aliphatic heterocycles. The fourth-order valence-corrected chi connectivity index (χ4v) is 2.13. The molecule has 1 nitrogen and oxygen atoms in total. The van der Waals surface area contributed by atoms with Crippen molar-refractivity contribution in [2.24, 2.45) is 0 Å². The summed E-state index contributed by atoms with van der Waals surface area (Å²) in [5.74, 6) is 1.16. The number of hydrogen-bond donors (Lipinski definition) is 0. The highest BCUT2D eigenvalue weighted by Gasteiger charge is 2.21. The lowest BCUT2D eigenvalue weighted by molar-refractivity contribution is 0.308. The first-order chi connectivity index (χ1) is 7.09. The first-order valence-electron chi connectivity index (χ1n) is 5.84. The van der Waals surface area contributed by atoms with Gasteiger partial charge in [0.05, 0.1) is 6.61 Å². The maximum Gasteiger partial charge on any atom is 0.126 e. The van der Waals surface area contributed by atoms with Crippen molar-refractivity contribution < 1.29 is 4.74 Å². The van der Waals surface area contributed by atoms with E-state index in [9.17, 15) is 0 Å². The number of ether oxygens (including phenoxy) is 1. The Hall–Kier alpha value is -0.980. The van der Waals surface area contributed by atoms with E-state index in [-0.39, 0.29) is 5.41 Å². The van der Waals surface area contributed by atoms with Crippen molar-refractivity contribution in [2.45, 2.75) is 45.4 Å². The van der Waals surface area contributed by atoms with E-state index in [1.807, 2.05) is 0 Å². The number of benzene rings is 1. The van der Waals surface area contributed by atoms with Crippen LogP contribution in [0.15, 0.2) is 18.2 Å². The fourth-order valence-electron chi connectivity index (χ4n) is 2.13. The molecule has 0 N–H and O–H groups in total. The molecule has 0 amide bonds. The summed E-state index contributed by atoms with van der Waals surface area (Å²) in [5, 5.41) is 0. The quantitative estimate of drug-likeness (QED) is 0.626. The molecule has 0 atom stereocenters. The first-order valence-corrected chi connectivity index (χ1v) is 5.84. The van der Waals surface area contributed by atoms with E-state index in [2.05, 4.69) is 39.0 Å². The third kappa shape index (κ3) is 2.17. The van der Waals surface area contributed by atoms with Gasteiger partial charge in [-0.05, 0) is 35.8 Å². The molecule has 0 radical (unpaired) electrons. The summed E-state index contributed by atoms with van der Waals surface area (Å²) in [6.07, 6.45) is 3.60. The number of para-hydroxylation sites is 1. The normalized spacial score (nSPS) is 16.5. The molecule has 2 rings (SSSR count). The molecule has 1 aromatic rings. The van der Waals surface area contributed by atoms with Crippen LogP contribution in [0.3, 0.4) is 0 Å². The lowest BCUT2D eigenvalue weighted by Crippen LogP contribution is -2.14. The van der Waals surface area contributed by atoms with E-state index in [0.29, 0.717) is 0 Å². The fraction of sp³-hybridized carbons (Fsp3) is 0.571. The smallest absolute Gasteiger partial charge is 0.126 e. The second-order valence-corrected chi connectivity index (χ2v) is 5.35. The first kappa shape index (κ1) is 10.5. The Labute approximate surface area is 92.5 Å². The Bertz CT molecular complexity index is 347. The van der Waals surface area contributed by atoms with Gasteiger partial charge < -0.3 is 4.74 Å². The zero-order valence-electron chi connectivity index (χ0n) is 9.97. The van der Waals surface area contributed by atoms with Crippen LogP contribution in [-0.2, 0) is 11.8 Å². The second kappa shape index (κ2) is 3.88. The monoisotopic (exact) mass is 204 g/mol. The molecular weight excluding hydrogens is 184 g/mol. The summed E-state index contributed by atoms with van der Waals surface area (Å²) in [6.45, 7) is 7.62. The molecular formula is C14H20O. The number of aryl methyl sites for hydroxylation is 1. The van der Waals surface area contributed by atoms with E-state index < -0.39 is 0 Å². The molecule has 0 fully saturated rings. The molecule has 0 bridgehead atoms. The largest absolute Gasteiger partial charge is 0.493 e. The van der Waals surface area contributed by atoms with Crippen LogP contribution < -0.4 is 4.74 Å². The maximum atomic E-state index is 5.91. The maximum absolute atomic E-state index is 5.91. The van der Waals surface area contributed by atoms with Gasteiger partial charge in [-0.3, -0.25) is 0 Å². The Morgan fingerprint density at radius 1 is 1.13 bits per heavy atom. The SMILES string of the molecule is CC(C)(C)c1cccc2c1OCCCC2. The van der Waals surface area contributed by atoms with Crippen LogP contribution in [0, 0.1) is 0 Å². The minimum absolute atomic E-state index is 0.176. The van der Waals surface area contributed by atoms with Crippen molar-refractivity contribution in [3.63, 3.8) is 0 Å². The van der Waals surface area contributed by atoms with E-state index in [0.717, 1.165) is 12.4 Å². The number of fused-ring (bicyclic) bond motifs is 1. The zero-order valence-corrected chi connectivity index (χ0v) is 9.97. The topological polar surface area (TPSA) is 9.23 Å². The highest BCUT2D eigenvalue weighted by molar-refractivity contribution is 5.45. The van der Waals surface area contributed by atoms with Crippen LogP contribution in [-0.4, -0.2) is 6.61 Å². The molecule has 0 spiro atoms. The lowest BCUT2D eigenvalue weighted by atomic mass is 9.85. The van der Waals surface area contributed by atoms with Gasteiger partial charge in [-0.2, -0.15) is 0 Å². The van der Waals surface area contributed by atoms with Gasteiger partial charge in [-0.1, -0.05) is 39.0 Å². The Morgan fingerprint density at radius 2 is 1.93 bits per heavy atom. The number of hydrogen-bond acceptors (Lipinski definition) is 1. The average molecular weight is 204 g/mol. The van der Waals surface area contributed by atoms with Crippen molar-refractivity contribution in [2.75, 3.05) is 6.61 Å². The van der Waals surface area contributed by atoms with Crippen molar-refractivity contribution in [3.05, 3.63) is 29.3 Å². The predicted molar refractivity (Wildman–Crippen MR) is 63.6 cm³/mol. The van der Waals surface area contributed by atoms with E-state index in [4.69, 9.17) is 4.74 Å². The van der Waals surface area contributed by atoms with Gasteiger partial charge in [0.15, 0.2) is 0 Å². The molecule has 0 aromatic heterocycles. The summed E-state index contributed by atoms with van der Waals surface area (Å²) in [5.41, 5.74) is 2.91. The van der Waals surface area contributed by atoms with Crippen molar-refractivity contribution in [1.82, 2.24) is 0 Å². The molecule has 1 heteroatoms. The summed E-state index contributed by atoms with van der Waals surface area (Å²) >= 11 is 0.